The van der Waals surface area contributed by atoms with Gasteiger partial charge >= 0.3 is 0 Å². The summed E-state index contributed by atoms with van der Waals surface area (Å²) in [4.78, 5) is 12.2. The van der Waals surface area contributed by atoms with Gasteiger partial charge in [0.15, 0.2) is 0 Å². The van der Waals surface area contributed by atoms with Gasteiger partial charge in [-0.25, -0.2) is 0 Å². The van der Waals surface area contributed by atoms with E-state index in [2.05, 4.69) is 15.2 Å². The number of hydrogen-bond acceptors (Lipinski definition) is 3. The first kappa shape index (κ1) is 15.3. The largest absolute Gasteiger partial charge is 0.350 e. The van der Waals surface area contributed by atoms with Crippen molar-refractivity contribution in [2.24, 2.45) is 0 Å². The second-order valence-electron chi connectivity index (χ2n) is 4.97. The molecule has 1 aromatic heterocycles. The number of aromatic nitrogens is 1. The minimum Gasteiger partial charge on any atom is -0.350 e. The molecule has 0 radical (unpaired) electrons. The number of hydrogen-bond donors (Lipinski definition) is 2. The summed E-state index contributed by atoms with van der Waals surface area (Å²) in [6, 6.07) is 4.17. The molecular formula is C14H23N3O2S. The van der Waals surface area contributed by atoms with E-state index in [0.717, 1.165) is 25.9 Å². The number of nitrogens with one attached hydrogen (secondary N) is 2. The summed E-state index contributed by atoms with van der Waals surface area (Å²) < 4.78 is 13.4. The van der Waals surface area contributed by atoms with E-state index >= 15 is 0 Å². The van der Waals surface area contributed by atoms with Crippen molar-refractivity contribution in [2.45, 2.75) is 25.8 Å². The third-order valence-corrected chi connectivity index (χ3v) is 4.95. The number of piperidine rings is 1. The zero-order valence-corrected chi connectivity index (χ0v) is 12.7. The normalized spacial score (nSPS) is 17.9. The van der Waals surface area contributed by atoms with Crippen molar-refractivity contribution >= 4 is 16.7 Å². The van der Waals surface area contributed by atoms with Crippen LogP contribution in [0.25, 0.3) is 0 Å². The lowest BCUT2D eigenvalue weighted by Gasteiger charge is -2.25. The summed E-state index contributed by atoms with van der Waals surface area (Å²) in [5.41, 5.74) is 0.708. The van der Waals surface area contributed by atoms with Gasteiger partial charge < -0.3 is 15.2 Å². The number of carbonyl (C=O) groups is 1. The monoisotopic (exact) mass is 297 g/mol. The number of nitrogens with zero attached hydrogens (tertiary/aromatic N) is 1. The van der Waals surface area contributed by atoms with Gasteiger partial charge in [-0.1, -0.05) is 6.92 Å². The van der Waals surface area contributed by atoms with Crippen LogP contribution in [0.1, 0.15) is 36.3 Å². The van der Waals surface area contributed by atoms with E-state index in [1.54, 1.807) is 0 Å². The Labute approximate surface area is 122 Å². The molecule has 1 fully saturated rings. The average molecular weight is 297 g/mol. The molecule has 1 aromatic rings. The van der Waals surface area contributed by atoms with Crippen LogP contribution < -0.4 is 10.6 Å². The molecule has 2 N–H and O–H groups in total. The molecule has 0 spiro atoms. The fourth-order valence-corrected chi connectivity index (χ4v) is 3.12. The van der Waals surface area contributed by atoms with Gasteiger partial charge in [-0.2, -0.15) is 0 Å². The van der Waals surface area contributed by atoms with Gasteiger partial charge in [-0.3, -0.25) is 9.00 Å². The molecule has 2 heterocycles. The standard InChI is InChI=1S/C14H23N3O2S/c1-2-20(19)11-9-16-14(18)13-4-3-10-17(13)12-5-7-15-8-6-12/h3-4,10,12,15H,2,5-9,11H2,1H3,(H,16,18). The Morgan fingerprint density at radius 2 is 2.25 bits per heavy atom. The molecule has 1 atom stereocenters. The van der Waals surface area contributed by atoms with Crippen molar-refractivity contribution in [3.8, 4) is 0 Å². The highest BCUT2D eigenvalue weighted by Gasteiger charge is 2.19. The van der Waals surface area contributed by atoms with Crippen LogP contribution >= 0.6 is 0 Å². The Morgan fingerprint density at radius 1 is 1.50 bits per heavy atom. The first-order valence-electron chi connectivity index (χ1n) is 7.23. The van der Waals surface area contributed by atoms with Gasteiger partial charge in [0.1, 0.15) is 5.69 Å². The Hall–Kier alpha value is -1.14. The fourth-order valence-electron chi connectivity index (χ4n) is 2.50. The zero-order chi connectivity index (χ0) is 14.4. The summed E-state index contributed by atoms with van der Waals surface area (Å²) in [6.07, 6.45) is 4.08. The highest BCUT2D eigenvalue weighted by atomic mass is 32.2. The van der Waals surface area contributed by atoms with Gasteiger partial charge in [-0.05, 0) is 38.1 Å². The molecule has 5 nitrogen and oxygen atoms in total. The van der Waals surface area contributed by atoms with Crippen LogP contribution in [0.2, 0.25) is 0 Å². The van der Waals surface area contributed by atoms with E-state index < -0.39 is 10.8 Å². The molecule has 1 unspecified atom stereocenters. The molecule has 6 heteroatoms. The van der Waals surface area contributed by atoms with Crippen molar-refractivity contribution in [3.05, 3.63) is 24.0 Å². The fraction of sp³-hybridized carbons (Fsp3) is 0.643. The quantitative estimate of drug-likeness (QED) is 0.820. The Balaban J connectivity index is 1.93. The lowest BCUT2D eigenvalue weighted by molar-refractivity contribution is 0.0943. The Bertz CT molecular complexity index is 467. The minimum atomic E-state index is -0.830. The van der Waals surface area contributed by atoms with Crippen LogP contribution in [0, 0.1) is 0 Å². The maximum Gasteiger partial charge on any atom is 0.267 e. The van der Waals surface area contributed by atoms with E-state index in [1.165, 1.54) is 0 Å². The SMILES string of the molecule is CCS(=O)CCNC(=O)c1cccn1C1CCNCC1. The highest BCUT2D eigenvalue weighted by molar-refractivity contribution is 7.84. The predicted molar refractivity (Wildman–Crippen MR) is 81.5 cm³/mol. The van der Waals surface area contributed by atoms with E-state index in [9.17, 15) is 9.00 Å². The van der Waals surface area contributed by atoms with E-state index in [-0.39, 0.29) is 5.91 Å². The number of amides is 1. The average Bonchev–Trinajstić information content (AvgIpc) is 2.97. The van der Waals surface area contributed by atoms with E-state index in [0.29, 0.717) is 29.8 Å². The minimum absolute atomic E-state index is 0.0679. The van der Waals surface area contributed by atoms with E-state index in [4.69, 9.17) is 0 Å². The third kappa shape index (κ3) is 3.93. The molecule has 112 valence electrons. The summed E-state index contributed by atoms with van der Waals surface area (Å²) in [5.74, 6) is 1.10. The number of carbonyl (C=O) groups excluding carboxylic acids is 1. The van der Waals surface area contributed by atoms with Gasteiger partial charge in [0.05, 0.1) is 0 Å². The molecule has 0 aliphatic carbocycles. The van der Waals surface area contributed by atoms with Crippen molar-refractivity contribution < 1.29 is 9.00 Å². The molecule has 1 aliphatic heterocycles. The van der Waals surface area contributed by atoms with E-state index in [1.807, 2.05) is 25.3 Å². The molecule has 1 saturated heterocycles. The van der Waals surface area contributed by atoms with Gasteiger partial charge in [0, 0.05) is 41.1 Å². The molecule has 0 aromatic carbocycles. The molecule has 0 bridgehead atoms. The van der Waals surface area contributed by atoms with Crippen molar-refractivity contribution in [3.63, 3.8) is 0 Å². The summed E-state index contributed by atoms with van der Waals surface area (Å²) in [5, 5.41) is 6.19. The summed E-state index contributed by atoms with van der Waals surface area (Å²) >= 11 is 0. The Morgan fingerprint density at radius 3 is 2.95 bits per heavy atom. The summed E-state index contributed by atoms with van der Waals surface area (Å²) in [6.45, 7) is 4.36. The molecular weight excluding hydrogens is 274 g/mol. The van der Waals surface area contributed by atoms with Crippen LogP contribution in [-0.4, -0.2) is 45.8 Å². The predicted octanol–water partition coefficient (Wildman–Crippen LogP) is 0.911. The third-order valence-electron chi connectivity index (χ3n) is 3.65. The maximum atomic E-state index is 12.2. The molecule has 2 rings (SSSR count). The maximum absolute atomic E-state index is 12.2. The molecule has 20 heavy (non-hydrogen) atoms. The summed E-state index contributed by atoms with van der Waals surface area (Å²) in [7, 11) is -0.830. The second kappa shape index (κ2) is 7.59. The first-order valence-corrected chi connectivity index (χ1v) is 8.72. The van der Waals surface area contributed by atoms with Gasteiger partial charge in [-0.15, -0.1) is 0 Å². The zero-order valence-electron chi connectivity index (χ0n) is 11.9. The number of rotatable bonds is 6. The van der Waals surface area contributed by atoms with Crippen LogP contribution in [-0.2, 0) is 10.8 Å². The smallest absolute Gasteiger partial charge is 0.267 e. The lowest BCUT2D eigenvalue weighted by atomic mass is 10.1. The molecule has 0 saturated carbocycles. The van der Waals surface area contributed by atoms with Crippen LogP contribution in [0.15, 0.2) is 18.3 Å². The highest BCUT2D eigenvalue weighted by Crippen LogP contribution is 2.21. The lowest BCUT2D eigenvalue weighted by Crippen LogP contribution is -2.33. The van der Waals surface area contributed by atoms with Gasteiger partial charge in [0.2, 0.25) is 0 Å². The van der Waals surface area contributed by atoms with Crippen LogP contribution in [0.4, 0.5) is 0 Å². The first-order chi connectivity index (χ1) is 9.72. The van der Waals surface area contributed by atoms with Crippen molar-refractivity contribution in [1.29, 1.82) is 0 Å². The van der Waals surface area contributed by atoms with Gasteiger partial charge in [0.25, 0.3) is 5.91 Å². The topological polar surface area (TPSA) is 63.1 Å². The molecule has 1 amide bonds. The second-order valence-corrected chi connectivity index (χ2v) is 6.84. The van der Waals surface area contributed by atoms with Crippen molar-refractivity contribution in [1.82, 2.24) is 15.2 Å². The van der Waals surface area contributed by atoms with Crippen LogP contribution in [0.5, 0.6) is 0 Å². The Kier molecular flexibility index (Phi) is 5.79. The molecule has 1 aliphatic rings. The van der Waals surface area contributed by atoms with Crippen LogP contribution in [0.3, 0.4) is 0 Å². The van der Waals surface area contributed by atoms with Crippen molar-refractivity contribution in [2.75, 3.05) is 31.1 Å².